The Morgan fingerprint density at radius 2 is 2.06 bits per heavy atom. The molecule has 7 heteroatoms. The van der Waals surface area contributed by atoms with Crippen LogP contribution in [0.2, 0.25) is 0 Å². The van der Waals surface area contributed by atoms with E-state index in [0.29, 0.717) is 11.2 Å². The third-order valence-corrected chi connectivity index (χ3v) is 7.71. The smallest absolute Gasteiger partial charge is 0.135 e. The van der Waals surface area contributed by atoms with Crippen molar-refractivity contribution in [2.75, 3.05) is 23.3 Å². The fourth-order valence-corrected chi connectivity index (χ4v) is 5.47. The van der Waals surface area contributed by atoms with Crippen molar-refractivity contribution in [3.63, 3.8) is 0 Å². The number of hydrogen-bond acceptors (Lipinski definition) is 7. The fraction of sp³-hybridized carbons (Fsp3) is 0.520. The molecule has 0 amide bonds. The molecule has 1 saturated heterocycles. The lowest BCUT2D eigenvalue weighted by Crippen LogP contribution is -2.41. The zero-order valence-electron chi connectivity index (χ0n) is 18.7. The first kappa shape index (κ1) is 20.9. The van der Waals surface area contributed by atoms with Crippen LogP contribution in [0.5, 0.6) is 0 Å². The number of benzene rings is 1. The third-order valence-electron chi connectivity index (χ3n) is 7.71. The lowest BCUT2D eigenvalue weighted by molar-refractivity contribution is 0.0263. The number of nitrogens with one attached hydrogen (secondary N) is 2. The van der Waals surface area contributed by atoms with Crippen molar-refractivity contribution in [3.8, 4) is 6.07 Å². The van der Waals surface area contributed by atoms with Crippen LogP contribution < -0.4 is 10.2 Å². The Morgan fingerprint density at radius 3 is 2.69 bits per heavy atom. The highest BCUT2D eigenvalue weighted by molar-refractivity contribution is 5.87. The van der Waals surface area contributed by atoms with Gasteiger partial charge in [-0.25, -0.2) is 9.97 Å². The van der Waals surface area contributed by atoms with Gasteiger partial charge in [-0.1, -0.05) is 12.1 Å². The van der Waals surface area contributed by atoms with E-state index in [1.165, 1.54) is 19.1 Å². The van der Waals surface area contributed by atoms with Gasteiger partial charge in [-0.3, -0.25) is 0 Å². The van der Waals surface area contributed by atoms with Crippen molar-refractivity contribution in [2.24, 2.45) is 11.3 Å². The minimum Gasteiger partial charge on any atom is -0.390 e. The average Bonchev–Trinajstić information content (AvgIpc) is 3.36. The Balaban J connectivity index is 1.38. The second kappa shape index (κ2) is 7.28. The Kier molecular flexibility index (Phi) is 4.75. The summed E-state index contributed by atoms with van der Waals surface area (Å²) in [5.41, 5.74) is 1.86. The molecule has 7 nitrogen and oxygen atoms in total. The van der Waals surface area contributed by atoms with E-state index in [1.54, 1.807) is 6.33 Å². The molecule has 0 bridgehead atoms. The Bertz CT molecular complexity index is 1090. The second-order valence-corrected chi connectivity index (χ2v) is 10.5. The van der Waals surface area contributed by atoms with Crippen LogP contribution in [-0.4, -0.2) is 40.0 Å². The number of nitrogens with zero attached hydrogens (tertiary/aromatic N) is 4. The van der Waals surface area contributed by atoms with Crippen LogP contribution in [0.4, 0.5) is 17.3 Å². The number of hydrogen-bond donors (Lipinski definition) is 3. The normalized spacial score (nSPS) is 22.8. The van der Waals surface area contributed by atoms with Crippen molar-refractivity contribution in [1.29, 1.82) is 10.7 Å². The molecule has 2 heterocycles. The SMILES string of the molecule is CC(C)(O)C1CCN(c2cc(Nc3cc(C4(C#N)CC5(CC5)C4)ccc3C=N)ncn2)C1. The van der Waals surface area contributed by atoms with E-state index >= 15 is 0 Å². The molecule has 2 saturated carbocycles. The lowest BCUT2D eigenvalue weighted by atomic mass is 9.57. The Morgan fingerprint density at radius 1 is 1.28 bits per heavy atom. The van der Waals surface area contributed by atoms with Crippen LogP contribution in [0.1, 0.15) is 57.1 Å². The van der Waals surface area contributed by atoms with Crippen molar-refractivity contribution in [3.05, 3.63) is 41.7 Å². The highest BCUT2D eigenvalue weighted by Gasteiger charge is 2.61. The molecular weight excluding hydrogens is 400 g/mol. The highest BCUT2D eigenvalue weighted by Crippen LogP contribution is 2.68. The maximum atomic E-state index is 10.3. The summed E-state index contributed by atoms with van der Waals surface area (Å²) >= 11 is 0. The summed E-state index contributed by atoms with van der Waals surface area (Å²) in [6, 6.07) is 10.4. The summed E-state index contributed by atoms with van der Waals surface area (Å²) in [5.74, 6) is 1.68. The molecule has 166 valence electrons. The number of rotatable bonds is 6. The quantitative estimate of drug-likeness (QED) is 0.594. The van der Waals surface area contributed by atoms with E-state index in [9.17, 15) is 10.4 Å². The molecule has 2 aliphatic carbocycles. The van der Waals surface area contributed by atoms with Gasteiger partial charge >= 0.3 is 0 Å². The standard InChI is InChI=1S/C25H30N6O/c1-23(2,32)19-5-8-31(12-19)22-10-21(28-16-29-22)30-20-9-18(4-3-17(20)11-26)25(15-27)13-24(14-25)6-7-24/h3-4,9-11,16,19,26,32H,5-8,12-14H2,1-2H3,(H,28,29,30). The molecule has 32 heavy (non-hydrogen) atoms. The van der Waals surface area contributed by atoms with E-state index in [0.717, 1.165) is 55.0 Å². The van der Waals surface area contributed by atoms with E-state index in [4.69, 9.17) is 5.41 Å². The topological polar surface area (TPSA) is 109 Å². The summed E-state index contributed by atoms with van der Waals surface area (Å²) in [4.78, 5) is 11.0. The van der Waals surface area contributed by atoms with Gasteiger partial charge in [0.1, 0.15) is 18.0 Å². The average molecular weight is 431 g/mol. The van der Waals surface area contributed by atoms with Gasteiger partial charge in [0.15, 0.2) is 0 Å². The molecule has 1 unspecified atom stereocenters. The summed E-state index contributed by atoms with van der Waals surface area (Å²) in [5, 5.41) is 31.5. The molecule has 1 spiro atoms. The highest BCUT2D eigenvalue weighted by atomic mass is 16.3. The van der Waals surface area contributed by atoms with Crippen LogP contribution >= 0.6 is 0 Å². The molecule has 1 aromatic heterocycles. The molecular formula is C25H30N6O. The number of nitriles is 1. The maximum Gasteiger partial charge on any atom is 0.135 e. The van der Waals surface area contributed by atoms with Gasteiger partial charge in [-0.15, -0.1) is 0 Å². The van der Waals surface area contributed by atoms with Gasteiger partial charge < -0.3 is 20.7 Å². The molecule has 1 atom stereocenters. The van der Waals surface area contributed by atoms with E-state index in [-0.39, 0.29) is 5.92 Å². The predicted octanol–water partition coefficient (Wildman–Crippen LogP) is 4.15. The van der Waals surface area contributed by atoms with Gasteiger partial charge in [0, 0.05) is 42.5 Å². The van der Waals surface area contributed by atoms with Gasteiger partial charge in [-0.2, -0.15) is 5.26 Å². The molecule has 1 aromatic carbocycles. The summed E-state index contributed by atoms with van der Waals surface area (Å²) in [7, 11) is 0. The van der Waals surface area contributed by atoms with E-state index in [2.05, 4.69) is 26.3 Å². The maximum absolute atomic E-state index is 10.3. The lowest BCUT2D eigenvalue weighted by Gasteiger charge is -2.44. The predicted molar refractivity (Wildman–Crippen MR) is 124 cm³/mol. The van der Waals surface area contributed by atoms with Crippen molar-refractivity contribution >= 4 is 23.5 Å². The molecule has 0 radical (unpaired) electrons. The van der Waals surface area contributed by atoms with Gasteiger partial charge in [0.2, 0.25) is 0 Å². The minimum absolute atomic E-state index is 0.203. The largest absolute Gasteiger partial charge is 0.390 e. The summed E-state index contributed by atoms with van der Waals surface area (Å²) < 4.78 is 0. The monoisotopic (exact) mass is 430 g/mol. The number of anilines is 3. The zero-order valence-corrected chi connectivity index (χ0v) is 18.7. The van der Waals surface area contributed by atoms with Crippen LogP contribution in [0.15, 0.2) is 30.6 Å². The zero-order chi connectivity index (χ0) is 22.6. The van der Waals surface area contributed by atoms with Crippen molar-refractivity contribution < 1.29 is 5.11 Å². The van der Waals surface area contributed by atoms with Gasteiger partial charge in [0.25, 0.3) is 0 Å². The molecule has 2 aromatic rings. The first-order valence-corrected chi connectivity index (χ1v) is 11.4. The second-order valence-electron chi connectivity index (χ2n) is 10.5. The molecule has 3 aliphatic rings. The minimum atomic E-state index is -0.709. The van der Waals surface area contributed by atoms with Crippen molar-refractivity contribution in [1.82, 2.24) is 9.97 Å². The number of aliphatic hydroxyl groups is 1. The molecule has 3 fully saturated rings. The van der Waals surface area contributed by atoms with Crippen LogP contribution in [-0.2, 0) is 5.41 Å². The first-order valence-electron chi connectivity index (χ1n) is 11.4. The van der Waals surface area contributed by atoms with Crippen LogP contribution in [0, 0.1) is 28.1 Å². The molecule has 1 aliphatic heterocycles. The number of aromatic nitrogens is 2. The fourth-order valence-electron chi connectivity index (χ4n) is 5.47. The van der Waals surface area contributed by atoms with Gasteiger partial charge in [0.05, 0.1) is 17.1 Å². The Hall–Kier alpha value is -2.98. The summed E-state index contributed by atoms with van der Waals surface area (Å²) in [6.07, 6.45) is 8.16. The molecule has 5 rings (SSSR count). The van der Waals surface area contributed by atoms with Crippen LogP contribution in [0.25, 0.3) is 0 Å². The Labute approximate surface area is 189 Å². The van der Waals surface area contributed by atoms with Gasteiger partial charge in [-0.05, 0) is 63.0 Å². The first-order chi connectivity index (χ1) is 15.3. The molecule has 3 N–H and O–H groups in total. The van der Waals surface area contributed by atoms with E-state index < -0.39 is 11.0 Å². The van der Waals surface area contributed by atoms with E-state index in [1.807, 2.05) is 38.1 Å². The third kappa shape index (κ3) is 3.63. The summed E-state index contributed by atoms with van der Waals surface area (Å²) in [6.45, 7) is 5.33. The van der Waals surface area contributed by atoms with Crippen LogP contribution in [0.3, 0.4) is 0 Å². The van der Waals surface area contributed by atoms with Crippen molar-refractivity contribution in [2.45, 2.75) is 57.0 Å².